The topological polar surface area (TPSA) is 137 Å². The van der Waals surface area contributed by atoms with Gasteiger partial charge in [0.2, 0.25) is 0 Å². The number of carbonyl (C=O) groups excluding carboxylic acids is 1. The first-order chi connectivity index (χ1) is 18.8. The van der Waals surface area contributed by atoms with E-state index >= 15 is 0 Å². The Labute approximate surface area is 228 Å². The van der Waals surface area contributed by atoms with E-state index in [1.54, 1.807) is 54.6 Å². The second-order valence-corrected chi connectivity index (χ2v) is 8.51. The Morgan fingerprint density at radius 2 is 1.85 bits per heavy atom. The Balaban J connectivity index is 1.90. The van der Waals surface area contributed by atoms with E-state index in [1.807, 2.05) is 0 Å². The third kappa shape index (κ3) is 6.13. The molecule has 0 aliphatic heterocycles. The molecule has 0 bridgehead atoms. The Morgan fingerprint density at radius 1 is 1.08 bits per heavy atom. The molecule has 3 aromatic carbocycles. The Morgan fingerprint density at radius 3 is 2.51 bits per heavy atom. The summed E-state index contributed by atoms with van der Waals surface area (Å²) in [4.78, 5) is 28.6. The summed E-state index contributed by atoms with van der Waals surface area (Å²) >= 11 is 6.18. The lowest BCUT2D eigenvalue weighted by atomic mass is 9.97. The number of nitrogens with zero attached hydrogens (tertiary/aromatic N) is 3. The summed E-state index contributed by atoms with van der Waals surface area (Å²) in [7, 11) is 2.98. The van der Waals surface area contributed by atoms with Crippen LogP contribution in [0.15, 0.2) is 72.8 Å². The number of halogens is 1. The van der Waals surface area contributed by atoms with Gasteiger partial charge >= 0.3 is 0 Å². The minimum Gasteiger partial charge on any atom is -0.497 e. The highest BCUT2D eigenvalue weighted by Gasteiger charge is 2.21. The number of methoxy groups -OCH3 is 2. The fraction of sp³-hybridized carbons (Fsp3) is 0.107. The summed E-state index contributed by atoms with van der Waals surface area (Å²) in [6.07, 6.45) is 0. The van der Waals surface area contributed by atoms with Gasteiger partial charge in [-0.1, -0.05) is 23.7 Å². The van der Waals surface area contributed by atoms with Crippen LogP contribution in [0.25, 0.3) is 22.4 Å². The van der Waals surface area contributed by atoms with Crippen LogP contribution in [0.2, 0.25) is 5.02 Å². The van der Waals surface area contributed by atoms with E-state index in [1.165, 1.54) is 32.4 Å². The van der Waals surface area contributed by atoms with Crippen molar-refractivity contribution in [1.29, 1.82) is 5.26 Å². The SMILES string of the molecule is COCOc1cc(Cl)ccc1-c1cc(-c2cccc([N+](=O)[O-])c2)c(C#N)c(NC(=O)c2ccc(OC)cc2)n1. The van der Waals surface area contributed by atoms with Crippen LogP contribution in [0.5, 0.6) is 11.5 Å². The van der Waals surface area contributed by atoms with Crippen molar-refractivity contribution in [2.24, 2.45) is 0 Å². The van der Waals surface area contributed by atoms with E-state index in [0.717, 1.165) is 0 Å². The number of benzene rings is 3. The highest BCUT2D eigenvalue weighted by atomic mass is 35.5. The molecule has 0 fully saturated rings. The predicted octanol–water partition coefficient (Wildman–Crippen LogP) is 6.09. The molecule has 4 rings (SSSR count). The fourth-order valence-electron chi connectivity index (χ4n) is 3.77. The molecule has 1 amide bonds. The van der Waals surface area contributed by atoms with Crippen LogP contribution >= 0.6 is 11.6 Å². The highest BCUT2D eigenvalue weighted by molar-refractivity contribution is 6.30. The number of hydrogen-bond acceptors (Lipinski definition) is 8. The molecule has 11 heteroatoms. The van der Waals surface area contributed by atoms with Gasteiger partial charge in [-0.25, -0.2) is 4.98 Å². The maximum absolute atomic E-state index is 13.1. The van der Waals surface area contributed by atoms with Gasteiger partial charge in [-0.3, -0.25) is 14.9 Å². The van der Waals surface area contributed by atoms with Crippen molar-refractivity contribution < 1.29 is 23.9 Å². The number of amides is 1. The highest BCUT2D eigenvalue weighted by Crippen LogP contribution is 2.38. The van der Waals surface area contributed by atoms with Crippen LogP contribution < -0.4 is 14.8 Å². The number of carbonyl (C=O) groups is 1. The van der Waals surface area contributed by atoms with Gasteiger partial charge in [-0.2, -0.15) is 5.26 Å². The molecule has 0 atom stereocenters. The maximum Gasteiger partial charge on any atom is 0.270 e. The first kappa shape index (κ1) is 27.1. The number of pyridine rings is 1. The lowest BCUT2D eigenvalue weighted by Gasteiger charge is -2.16. The van der Waals surface area contributed by atoms with Crippen molar-refractivity contribution >= 4 is 29.0 Å². The quantitative estimate of drug-likeness (QED) is 0.152. The number of rotatable bonds is 9. The molecule has 0 radical (unpaired) electrons. The van der Waals surface area contributed by atoms with Crippen LogP contribution in [0, 0.1) is 21.4 Å². The van der Waals surface area contributed by atoms with Gasteiger partial charge < -0.3 is 19.5 Å². The summed E-state index contributed by atoms with van der Waals surface area (Å²) in [5.74, 6) is 0.364. The van der Waals surface area contributed by atoms with Gasteiger partial charge in [0.05, 0.1) is 17.7 Å². The largest absolute Gasteiger partial charge is 0.497 e. The molecule has 1 aromatic heterocycles. The molecule has 4 aromatic rings. The van der Waals surface area contributed by atoms with E-state index < -0.39 is 10.8 Å². The molecular formula is C28H21ClN4O6. The average Bonchev–Trinajstić information content (AvgIpc) is 2.95. The van der Waals surface area contributed by atoms with Gasteiger partial charge in [0, 0.05) is 41.0 Å². The second kappa shape index (κ2) is 12.0. The van der Waals surface area contributed by atoms with Gasteiger partial charge in [-0.05, 0) is 54.1 Å². The first-order valence-electron chi connectivity index (χ1n) is 11.4. The number of nitriles is 1. The van der Waals surface area contributed by atoms with E-state index in [9.17, 15) is 20.2 Å². The molecule has 196 valence electrons. The molecule has 39 heavy (non-hydrogen) atoms. The maximum atomic E-state index is 13.1. The molecule has 0 spiro atoms. The van der Waals surface area contributed by atoms with Crippen LogP contribution in [-0.4, -0.2) is 36.8 Å². The third-order valence-electron chi connectivity index (χ3n) is 5.64. The predicted molar refractivity (Wildman–Crippen MR) is 145 cm³/mol. The van der Waals surface area contributed by atoms with Crippen LogP contribution in [0.1, 0.15) is 15.9 Å². The summed E-state index contributed by atoms with van der Waals surface area (Å²) in [6.45, 7) is -0.0670. The molecule has 0 aliphatic rings. The normalized spacial score (nSPS) is 10.4. The zero-order valence-electron chi connectivity index (χ0n) is 20.8. The molecule has 1 heterocycles. The van der Waals surface area contributed by atoms with E-state index in [4.69, 9.17) is 25.8 Å². The summed E-state index contributed by atoms with van der Waals surface area (Å²) < 4.78 is 15.9. The number of nitro benzene ring substituents is 1. The van der Waals surface area contributed by atoms with Gasteiger partial charge in [0.25, 0.3) is 11.6 Å². The Kier molecular flexibility index (Phi) is 8.36. The third-order valence-corrected chi connectivity index (χ3v) is 5.87. The second-order valence-electron chi connectivity index (χ2n) is 8.07. The van der Waals surface area contributed by atoms with Crippen molar-refractivity contribution in [1.82, 2.24) is 4.98 Å². The number of non-ortho nitro benzene ring substituents is 1. The monoisotopic (exact) mass is 544 g/mol. The Hall–Kier alpha value is -4.98. The van der Waals surface area contributed by atoms with Crippen LogP contribution in [0.3, 0.4) is 0 Å². The van der Waals surface area contributed by atoms with Crippen molar-refractivity contribution in [3.63, 3.8) is 0 Å². The minimum absolute atomic E-state index is 0.0226. The average molecular weight is 545 g/mol. The van der Waals surface area contributed by atoms with Gasteiger partial charge in [-0.15, -0.1) is 0 Å². The molecular weight excluding hydrogens is 524 g/mol. The standard InChI is InChI=1S/C28H21ClN4O6/c1-37-16-39-26-13-19(29)8-11-22(26)25-14-23(18-4-3-5-20(12-18)33(35)36)24(15-30)27(31-25)32-28(34)17-6-9-21(38-2)10-7-17/h3-14H,16H2,1-2H3,(H,31,32,34). The van der Waals surface area contributed by atoms with E-state index in [0.29, 0.717) is 44.5 Å². The molecule has 10 nitrogen and oxygen atoms in total. The zero-order chi connectivity index (χ0) is 27.9. The van der Waals surface area contributed by atoms with Gasteiger partial charge in [0.15, 0.2) is 12.6 Å². The number of aromatic nitrogens is 1. The molecule has 0 saturated carbocycles. The number of ether oxygens (including phenoxy) is 3. The lowest BCUT2D eigenvalue weighted by molar-refractivity contribution is -0.384. The van der Waals surface area contributed by atoms with Crippen molar-refractivity contribution in [3.8, 4) is 40.0 Å². The smallest absolute Gasteiger partial charge is 0.270 e. The van der Waals surface area contributed by atoms with Crippen LogP contribution in [-0.2, 0) is 4.74 Å². The summed E-state index contributed by atoms with van der Waals surface area (Å²) in [5, 5.41) is 24.7. The van der Waals surface area contributed by atoms with E-state index in [-0.39, 0.29) is 23.9 Å². The summed E-state index contributed by atoms with van der Waals surface area (Å²) in [6, 6.07) is 20.8. The number of nitro groups is 1. The Bertz CT molecular complexity index is 1580. The molecule has 0 aliphatic carbocycles. The number of nitrogens with one attached hydrogen (secondary N) is 1. The van der Waals surface area contributed by atoms with Gasteiger partial charge in [0.1, 0.15) is 23.1 Å². The number of anilines is 1. The fourth-order valence-corrected chi connectivity index (χ4v) is 3.94. The summed E-state index contributed by atoms with van der Waals surface area (Å²) in [5.41, 5.74) is 1.69. The van der Waals surface area contributed by atoms with Crippen molar-refractivity contribution in [2.45, 2.75) is 0 Å². The minimum atomic E-state index is -0.528. The first-order valence-corrected chi connectivity index (χ1v) is 11.8. The molecule has 0 saturated heterocycles. The van der Waals surface area contributed by atoms with Crippen molar-refractivity contribution in [3.05, 3.63) is 99.1 Å². The molecule has 0 unspecified atom stereocenters. The van der Waals surface area contributed by atoms with Crippen LogP contribution in [0.4, 0.5) is 11.5 Å². The molecule has 1 N–H and O–H groups in total. The van der Waals surface area contributed by atoms with E-state index in [2.05, 4.69) is 16.4 Å². The number of hydrogen-bond donors (Lipinski definition) is 1. The zero-order valence-corrected chi connectivity index (χ0v) is 21.6. The van der Waals surface area contributed by atoms with Crippen molar-refractivity contribution in [2.75, 3.05) is 26.3 Å². The lowest BCUT2D eigenvalue weighted by Crippen LogP contribution is -2.15.